The fraction of sp³-hybridized carbons (Fsp3) is 0.900. The Labute approximate surface area is 87.7 Å². The van der Waals surface area contributed by atoms with E-state index in [1.165, 1.54) is 12.8 Å². The summed E-state index contributed by atoms with van der Waals surface area (Å²) in [6.07, 6.45) is 2.41. The number of hydrogen-bond acceptors (Lipinski definition) is 1. The summed E-state index contributed by atoms with van der Waals surface area (Å²) in [4.78, 5) is 1.92. The summed E-state index contributed by atoms with van der Waals surface area (Å²) in [6.45, 7) is 7.76. The van der Waals surface area contributed by atoms with E-state index in [2.05, 4.69) is 26.1 Å². The topological polar surface area (TPSA) is 15.3 Å². The lowest BCUT2D eigenvalue weighted by molar-refractivity contribution is 0.364. The smallest absolute Gasteiger partial charge is 0.168 e. The third-order valence-corrected chi connectivity index (χ3v) is 2.30. The van der Waals surface area contributed by atoms with Gasteiger partial charge in [-0.3, -0.25) is 0 Å². The van der Waals surface area contributed by atoms with Gasteiger partial charge in [-0.1, -0.05) is 20.8 Å². The number of nitrogens with one attached hydrogen (secondary N) is 1. The second kappa shape index (κ2) is 5.43. The SMILES string of the molecule is CN(C)C(=S)NCCCC(C)(C)C. The zero-order chi connectivity index (χ0) is 10.5. The highest BCUT2D eigenvalue weighted by atomic mass is 32.1. The molecule has 0 aliphatic rings. The number of hydrogen-bond donors (Lipinski definition) is 1. The first-order valence-corrected chi connectivity index (χ1v) is 5.19. The van der Waals surface area contributed by atoms with Gasteiger partial charge in [0.2, 0.25) is 0 Å². The lowest BCUT2D eigenvalue weighted by Crippen LogP contribution is -2.34. The zero-order valence-corrected chi connectivity index (χ0v) is 10.3. The van der Waals surface area contributed by atoms with E-state index in [1.807, 2.05) is 19.0 Å². The summed E-state index contributed by atoms with van der Waals surface area (Å²) in [5.41, 5.74) is 0.432. The molecule has 13 heavy (non-hydrogen) atoms. The summed E-state index contributed by atoms with van der Waals surface area (Å²) in [5.74, 6) is 0. The monoisotopic (exact) mass is 202 g/mol. The van der Waals surface area contributed by atoms with E-state index in [0.29, 0.717) is 5.41 Å². The van der Waals surface area contributed by atoms with Crippen LogP contribution in [0.5, 0.6) is 0 Å². The van der Waals surface area contributed by atoms with Gasteiger partial charge in [-0.05, 0) is 30.5 Å². The molecule has 0 aliphatic carbocycles. The van der Waals surface area contributed by atoms with Crippen molar-refractivity contribution in [3.8, 4) is 0 Å². The highest BCUT2D eigenvalue weighted by Crippen LogP contribution is 2.19. The van der Waals surface area contributed by atoms with Gasteiger partial charge in [-0.15, -0.1) is 0 Å². The van der Waals surface area contributed by atoms with Gasteiger partial charge < -0.3 is 10.2 Å². The van der Waals surface area contributed by atoms with Crippen LogP contribution in [0, 0.1) is 5.41 Å². The standard InChI is InChI=1S/C10H22N2S/c1-10(2,3)7-6-8-11-9(13)12(4)5/h6-8H2,1-5H3,(H,11,13). The average molecular weight is 202 g/mol. The Kier molecular flexibility index (Phi) is 5.30. The van der Waals surface area contributed by atoms with Gasteiger partial charge in [-0.2, -0.15) is 0 Å². The van der Waals surface area contributed by atoms with Crippen molar-refractivity contribution in [2.24, 2.45) is 5.41 Å². The fourth-order valence-corrected chi connectivity index (χ4v) is 1.07. The predicted octanol–water partition coefficient (Wildman–Crippen LogP) is 2.25. The summed E-state index contributed by atoms with van der Waals surface area (Å²) in [6, 6.07) is 0. The van der Waals surface area contributed by atoms with Gasteiger partial charge in [0.05, 0.1) is 0 Å². The van der Waals surface area contributed by atoms with Crippen molar-refractivity contribution < 1.29 is 0 Å². The third-order valence-electron chi connectivity index (χ3n) is 1.79. The summed E-state index contributed by atoms with van der Waals surface area (Å²) >= 11 is 5.10. The molecule has 0 saturated heterocycles. The third kappa shape index (κ3) is 8.03. The highest BCUT2D eigenvalue weighted by molar-refractivity contribution is 7.80. The van der Waals surface area contributed by atoms with Gasteiger partial charge in [-0.25, -0.2) is 0 Å². The molecule has 0 radical (unpaired) electrons. The summed E-state index contributed by atoms with van der Waals surface area (Å²) < 4.78 is 0. The van der Waals surface area contributed by atoms with E-state index in [-0.39, 0.29) is 0 Å². The van der Waals surface area contributed by atoms with Crippen LogP contribution in [0.15, 0.2) is 0 Å². The van der Waals surface area contributed by atoms with E-state index in [1.54, 1.807) is 0 Å². The van der Waals surface area contributed by atoms with Crippen LogP contribution in [-0.4, -0.2) is 30.7 Å². The van der Waals surface area contributed by atoms with Gasteiger partial charge >= 0.3 is 0 Å². The first kappa shape index (κ1) is 12.7. The molecule has 0 bridgehead atoms. The molecule has 0 unspecified atom stereocenters. The van der Waals surface area contributed by atoms with Crippen molar-refractivity contribution in [3.63, 3.8) is 0 Å². The van der Waals surface area contributed by atoms with E-state index in [4.69, 9.17) is 12.2 Å². The van der Waals surface area contributed by atoms with Crippen LogP contribution in [0.4, 0.5) is 0 Å². The normalized spacial score (nSPS) is 11.2. The van der Waals surface area contributed by atoms with Crippen LogP contribution in [-0.2, 0) is 0 Å². The number of rotatable bonds is 3. The lowest BCUT2D eigenvalue weighted by Gasteiger charge is -2.19. The number of thiocarbonyl (C=S) groups is 1. The minimum absolute atomic E-state index is 0.432. The van der Waals surface area contributed by atoms with Crippen molar-refractivity contribution in [2.45, 2.75) is 33.6 Å². The molecule has 0 aromatic heterocycles. The maximum Gasteiger partial charge on any atom is 0.168 e. The molecule has 2 nitrogen and oxygen atoms in total. The summed E-state index contributed by atoms with van der Waals surface area (Å²) in [7, 11) is 3.91. The van der Waals surface area contributed by atoms with Crippen molar-refractivity contribution in [2.75, 3.05) is 20.6 Å². The van der Waals surface area contributed by atoms with Crippen LogP contribution in [0.2, 0.25) is 0 Å². The minimum Gasteiger partial charge on any atom is -0.363 e. The molecule has 3 heteroatoms. The van der Waals surface area contributed by atoms with E-state index >= 15 is 0 Å². The molecule has 0 aromatic carbocycles. The van der Waals surface area contributed by atoms with Crippen LogP contribution in [0.3, 0.4) is 0 Å². The highest BCUT2D eigenvalue weighted by Gasteiger charge is 2.08. The molecule has 0 heterocycles. The fourth-order valence-electron chi connectivity index (χ4n) is 0.972. The van der Waals surface area contributed by atoms with E-state index in [0.717, 1.165) is 11.7 Å². The molecule has 78 valence electrons. The summed E-state index contributed by atoms with van der Waals surface area (Å²) in [5, 5.41) is 4.04. The Bertz CT molecular complexity index is 159. The molecule has 0 saturated carbocycles. The maximum atomic E-state index is 5.10. The molecule has 0 spiro atoms. The molecule has 0 rings (SSSR count). The molecule has 0 fully saturated rings. The van der Waals surface area contributed by atoms with Crippen molar-refractivity contribution in [1.29, 1.82) is 0 Å². The molecule has 1 N–H and O–H groups in total. The Morgan fingerprint density at radius 2 is 1.85 bits per heavy atom. The zero-order valence-electron chi connectivity index (χ0n) is 9.48. The first-order valence-electron chi connectivity index (χ1n) is 4.78. The van der Waals surface area contributed by atoms with Crippen LogP contribution < -0.4 is 5.32 Å². The first-order chi connectivity index (χ1) is 5.83. The molecule has 0 amide bonds. The van der Waals surface area contributed by atoms with E-state index in [9.17, 15) is 0 Å². The van der Waals surface area contributed by atoms with Crippen molar-refractivity contribution in [3.05, 3.63) is 0 Å². The second-order valence-electron chi connectivity index (χ2n) is 4.79. The minimum atomic E-state index is 0.432. The lowest BCUT2D eigenvalue weighted by atomic mass is 9.91. The predicted molar refractivity (Wildman–Crippen MR) is 63.0 cm³/mol. The van der Waals surface area contributed by atoms with Crippen LogP contribution >= 0.6 is 12.2 Å². The van der Waals surface area contributed by atoms with Crippen LogP contribution in [0.25, 0.3) is 0 Å². The van der Waals surface area contributed by atoms with Gasteiger partial charge in [0.25, 0.3) is 0 Å². The molecule has 0 aliphatic heterocycles. The Hall–Kier alpha value is -0.310. The van der Waals surface area contributed by atoms with Crippen molar-refractivity contribution >= 4 is 17.3 Å². The second-order valence-corrected chi connectivity index (χ2v) is 5.18. The Morgan fingerprint density at radius 1 is 1.31 bits per heavy atom. The van der Waals surface area contributed by atoms with Gasteiger partial charge in [0.1, 0.15) is 0 Å². The maximum absolute atomic E-state index is 5.10. The Morgan fingerprint density at radius 3 is 2.23 bits per heavy atom. The Balaban J connectivity index is 3.42. The molecule has 0 aromatic rings. The van der Waals surface area contributed by atoms with Crippen LogP contribution in [0.1, 0.15) is 33.6 Å². The largest absolute Gasteiger partial charge is 0.363 e. The molecule has 0 atom stereocenters. The number of nitrogens with zero attached hydrogens (tertiary/aromatic N) is 1. The quantitative estimate of drug-likeness (QED) is 0.558. The van der Waals surface area contributed by atoms with Crippen molar-refractivity contribution in [1.82, 2.24) is 10.2 Å². The van der Waals surface area contributed by atoms with E-state index < -0.39 is 0 Å². The van der Waals surface area contributed by atoms with Gasteiger partial charge in [0, 0.05) is 20.6 Å². The molecular formula is C10H22N2S. The average Bonchev–Trinajstić information content (AvgIpc) is 1.95. The van der Waals surface area contributed by atoms with Gasteiger partial charge in [0.15, 0.2) is 5.11 Å². The molecular weight excluding hydrogens is 180 g/mol.